The Balaban J connectivity index is 0.00000225. The fourth-order valence-electron chi connectivity index (χ4n) is 3.32. The van der Waals surface area contributed by atoms with Crippen LogP contribution in [-0.4, -0.2) is 36.3 Å². The van der Waals surface area contributed by atoms with Gasteiger partial charge in [-0.1, -0.05) is 19.3 Å². The molecular weight excluding hydrogens is 427 g/mol. The molecule has 2 heterocycles. The van der Waals surface area contributed by atoms with Crippen LogP contribution < -0.4 is 16.4 Å². The van der Waals surface area contributed by atoms with Crippen LogP contribution in [0.15, 0.2) is 41.0 Å². The molecular formula is C21H30Cl2N4O3. The molecule has 2 amide bonds. The van der Waals surface area contributed by atoms with Gasteiger partial charge in [0.1, 0.15) is 12.0 Å². The largest absolute Gasteiger partial charge is 0.467 e. The number of nitrogens with two attached hydrogens (primary N) is 1. The summed E-state index contributed by atoms with van der Waals surface area (Å²) in [6, 6.07) is 8.69. The second-order valence-electron chi connectivity index (χ2n) is 7.13. The van der Waals surface area contributed by atoms with E-state index in [0.29, 0.717) is 29.2 Å². The predicted octanol–water partition coefficient (Wildman–Crippen LogP) is 4.04. The number of nitrogens with one attached hydrogen (secondary N) is 2. The number of amides is 2. The number of nitrogens with zero attached hydrogens (tertiary/aromatic N) is 1. The van der Waals surface area contributed by atoms with Crippen molar-refractivity contribution in [3.63, 3.8) is 0 Å². The third-order valence-electron chi connectivity index (χ3n) is 4.86. The highest BCUT2D eigenvalue weighted by Gasteiger charge is 2.13. The van der Waals surface area contributed by atoms with Gasteiger partial charge in [-0.15, -0.1) is 24.8 Å². The smallest absolute Gasteiger partial charge is 0.258 e. The van der Waals surface area contributed by atoms with Gasteiger partial charge >= 0.3 is 0 Å². The first-order valence-electron chi connectivity index (χ1n) is 9.85. The van der Waals surface area contributed by atoms with Crippen molar-refractivity contribution in [1.29, 1.82) is 0 Å². The molecule has 0 aliphatic carbocycles. The Kier molecular flexibility index (Phi) is 11.5. The zero-order valence-electron chi connectivity index (χ0n) is 16.9. The van der Waals surface area contributed by atoms with Crippen LogP contribution in [0.5, 0.6) is 0 Å². The third-order valence-corrected chi connectivity index (χ3v) is 4.86. The average molecular weight is 457 g/mol. The van der Waals surface area contributed by atoms with Gasteiger partial charge in [-0.2, -0.15) is 0 Å². The number of halogens is 2. The number of hydrogen-bond acceptors (Lipinski definition) is 5. The van der Waals surface area contributed by atoms with Gasteiger partial charge in [0.05, 0.1) is 18.7 Å². The molecule has 0 spiro atoms. The normalized spacial score (nSPS) is 14.4. The lowest BCUT2D eigenvalue weighted by Gasteiger charge is -2.23. The second-order valence-corrected chi connectivity index (χ2v) is 7.13. The summed E-state index contributed by atoms with van der Waals surface area (Å²) in [5.41, 5.74) is 7.26. The summed E-state index contributed by atoms with van der Waals surface area (Å²) < 4.78 is 5.18. The van der Waals surface area contributed by atoms with E-state index in [1.807, 2.05) is 0 Å². The number of likely N-dealkylation sites (tertiary alicyclic amines) is 1. The minimum absolute atomic E-state index is 0. The fourth-order valence-corrected chi connectivity index (χ4v) is 3.32. The van der Waals surface area contributed by atoms with E-state index < -0.39 is 0 Å². The number of carbonyl (C=O) groups excluding carboxylic acids is 2. The molecule has 0 atom stereocenters. The van der Waals surface area contributed by atoms with Gasteiger partial charge < -0.3 is 20.8 Å². The molecule has 7 nitrogen and oxygen atoms in total. The first-order chi connectivity index (χ1) is 13.6. The van der Waals surface area contributed by atoms with Gasteiger partial charge in [-0.3, -0.25) is 14.5 Å². The number of benzene rings is 1. The number of rotatable bonds is 6. The Morgan fingerprint density at radius 1 is 0.933 bits per heavy atom. The SMILES string of the molecule is Cl.Cl.NCc1cc(C(=O)Nc2ccc(NC(=O)CN3CCCCCCC3)cc2)co1. The molecule has 1 aliphatic heterocycles. The molecule has 1 saturated heterocycles. The number of hydrogen-bond donors (Lipinski definition) is 3. The zero-order chi connectivity index (χ0) is 19.8. The summed E-state index contributed by atoms with van der Waals surface area (Å²) in [4.78, 5) is 26.7. The van der Waals surface area contributed by atoms with Crippen molar-refractivity contribution in [3.8, 4) is 0 Å². The molecule has 1 fully saturated rings. The second kappa shape index (κ2) is 13.3. The standard InChI is InChI=1S/C21H28N4O3.2ClH/c22-13-19-12-16(15-28-19)21(27)24-18-8-6-17(7-9-18)23-20(26)14-25-10-4-2-1-3-5-11-25;;/h6-9,12,15H,1-5,10-11,13-14,22H2,(H,23,26)(H,24,27);2*1H. The first kappa shape index (κ1) is 26.0. The highest BCUT2D eigenvalue weighted by Crippen LogP contribution is 2.16. The summed E-state index contributed by atoms with van der Waals surface area (Å²) in [5.74, 6) is 0.283. The first-order valence-corrected chi connectivity index (χ1v) is 9.85. The molecule has 0 saturated carbocycles. The molecule has 0 unspecified atom stereocenters. The van der Waals surface area contributed by atoms with Crippen molar-refractivity contribution in [1.82, 2.24) is 4.90 Å². The number of furan rings is 1. The van der Waals surface area contributed by atoms with Gasteiger partial charge in [0.25, 0.3) is 5.91 Å². The summed E-state index contributed by atoms with van der Waals surface area (Å²) in [5, 5.41) is 5.72. The molecule has 1 aromatic heterocycles. The maximum absolute atomic E-state index is 12.3. The topological polar surface area (TPSA) is 101 Å². The molecule has 0 radical (unpaired) electrons. The molecule has 0 bridgehead atoms. The Morgan fingerprint density at radius 2 is 1.50 bits per heavy atom. The number of carbonyl (C=O) groups is 2. The van der Waals surface area contributed by atoms with Gasteiger partial charge in [-0.05, 0) is 56.3 Å². The lowest BCUT2D eigenvalue weighted by Crippen LogP contribution is -2.35. The van der Waals surface area contributed by atoms with Crippen molar-refractivity contribution < 1.29 is 14.0 Å². The maximum Gasteiger partial charge on any atom is 0.258 e. The van der Waals surface area contributed by atoms with Crippen LogP contribution in [0.2, 0.25) is 0 Å². The molecule has 2 aromatic rings. The van der Waals surface area contributed by atoms with E-state index in [2.05, 4.69) is 15.5 Å². The van der Waals surface area contributed by atoms with E-state index in [1.165, 1.54) is 25.5 Å². The van der Waals surface area contributed by atoms with Gasteiger partial charge in [0.2, 0.25) is 5.91 Å². The van der Waals surface area contributed by atoms with Gasteiger partial charge in [0, 0.05) is 11.4 Å². The van der Waals surface area contributed by atoms with Crippen molar-refractivity contribution in [3.05, 3.63) is 47.9 Å². The molecule has 9 heteroatoms. The quantitative estimate of drug-likeness (QED) is 0.608. The predicted molar refractivity (Wildman–Crippen MR) is 124 cm³/mol. The maximum atomic E-state index is 12.3. The molecule has 166 valence electrons. The van der Waals surface area contributed by atoms with E-state index in [0.717, 1.165) is 25.9 Å². The van der Waals surface area contributed by atoms with E-state index in [1.54, 1.807) is 30.3 Å². The van der Waals surface area contributed by atoms with Crippen LogP contribution in [0.3, 0.4) is 0 Å². The van der Waals surface area contributed by atoms with Gasteiger partial charge in [0.15, 0.2) is 0 Å². The van der Waals surface area contributed by atoms with Crippen LogP contribution in [0.25, 0.3) is 0 Å². The third kappa shape index (κ3) is 7.99. The van der Waals surface area contributed by atoms with Crippen LogP contribution in [0, 0.1) is 0 Å². The summed E-state index contributed by atoms with van der Waals surface area (Å²) in [6.45, 7) is 2.64. The van der Waals surface area contributed by atoms with Crippen LogP contribution in [-0.2, 0) is 11.3 Å². The fraction of sp³-hybridized carbons (Fsp3) is 0.429. The van der Waals surface area contributed by atoms with Crippen molar-refractivity contribution in [2.45, 2.75) is 38.6 Å². The minimum Gasteiger partial charge on any atom is -0.467 e. The highest BCUT2D eigenvalue weighted by molar-refractivity contribution is 6.04. The van der Waals surface area contributed by atoms with Crippen LogP contribution >= 0.6 is 24.8 Å². The van der Waals surface area contributed by atoms with Crippen molar-refractivity contribution in [2.75, 3.05) is 30.3 Å². The Hall–Kier alpha value is -2.06. The zero-order valence-corrected chi connectivity index (χ0v) is 18.5. The minimum atomic E-state index is -0.266. The Morgan fingerprint density at radius 3 is 2.07 bits per heavy atom. The molecule has 30 heavy (non-hydrogen) atoms. The van der Waals surface area contributed by atoms with E-state index in [-0.39, 0.29) is 43.2 Å². The summed E-state index contributed by atoms with van der Waals surface area (Å²) >= 11 is 0. The van der Waals surface area contributed by atoms with Crippen molar-refractivity contribution in [2.24, 2.45) is 5.73 Å². The molecule has 4 N–H and O–H groups in total. The summed E-state index contributed by atoms with van der Waals surface area (Å²) in [7, 11) is 0. The lowest BCUT2D eigenvalue weighted by molar-refractivity contribution is -0.117. The van der Waals surface area contributed by atoms with Crippen molar-refractivity contribution >= 4 is 48.0 Å². The molecule has 1 aliphatic rings. The van der Waals surface area contributed by atoms with Crippen LogP contribution in [0.1, 0.15) is 48.2 Å². The highest BCUT2D eigenvalue weighted by atomic mass is 35.5. The lowest BCUT2D eigenvalue weighted by atomic mass is 10.1. The Labute approximate surface area is 189 Å². The average Bonchev–Trinajstić information content (AvgIpc) is 3.15. The van der Waals surface area contributed by atoms with Gasteiger partial charge in [-0.25, -0.2) is 0 Å². The molecule has 1 aromatic carbocycles. The summed E-state index contributed by atoms with van der Waals surface area (Å²) in [6.07, 6.45) is 7.50. The van der Waals surface area contributed by atoms with E-state index in [4.69, 9.17) is 10.2 Å². The monoisotopic (exact) mass is 456 g/mol. The Bertz CT molecular complexity index is 788. The van der Waals surface area contributed by atoms with Crippen LogP contribution in [0.4, 0.5) is 11.4 Å². The number of anilines is 2. The molecule has 3 rings (SSSR count). The van der Waals surface area contributed by atoms with E-state index >= 15 is 0 Å². The van der Waals surface area contributed by atoms with E-state index in [9.17, 15) is 9.59 Å².